The van der Waals surface area contributed by atoms with Crippen molar-refractivity contribution in [3.63, 3.8) is 0 Å². The normalized spacial score (nSPS) is 12.3. The van der Waals surface area contributed by atoms with E-state index in [1.165, 1.54) is 13.0 Å². The van der Waals surface area contributed by atoms with Crippen LogP contribution < -0.4 is 5.32 Å². The summed E-state index contributed by atoms with van der Waals surface area (Å²) in [7, 11) is 0. The minimum absolute atomic E-state index is 0.175. The molecule has 2 aromatic carbocycles. The summed E-state index contributed by atoms with van der Waals surface area (Å²) < 4.78 is 41.1. The predicted molar refractivity (Wildman–Crippen MR) is 74.3 cm³/mol. The summed E-state index contributed by atoms with van der Waals surface area (Å²) in [6, 6.07) is 6.38. The summed E-state index contributed by atoms with van der Waals surface area (Å²) in [6.45, 7) is 5.00. The third-order valence-corrected chi connectivity index (χ3v) is 3.24. The van der Waals surface area contributed by atoms with Crippen molar-refractivity contribution in [3.05, 3.63) is 64.5 Å². The largest absolute Gasteiger partial charge is 0.376 e. The highest BCUT2D eigenvalue weighted by atomic mass is 19.1. The third-order valence-electron chi connectivity index (χ3n) is 3.24. The molecule has 20 heavy (non-hydrogen) atoms. The van der Waals surface area contributed by atoms with Crippen LogP contribution in [0.2, 0.25) is 0 Å². The minimum atomic E-state index is -0.540. The van der Waals surface area contributed by atoms with Crippen LogP contribution in [0, 0.1) is 31.3 Å². The number of rotatable bonds is 3. The average Bonchev–Trinajstić information content (AvgIpc) is 2.38. The zero-order valence-corrected chi connectivity index (χ0v) is 11.6. The fourth-order valence-corrected chi connectivity index (χ4v) is 2.05. The maximum atomic E-state index is 13.9. The summed E-state index contributed by atoms with van der Waals surface area (Å²) in [4.78, 5) is 0. The van der Waals surface area contributed by atoms with Gasteiger partial charge in [0.15, 0.2) is 0 Å². The van der Waals surface area contributed by atoms with E-state index >= 15 is 0 Å². The molecule has 0 aliphatic heterocycles. The van der Waals surface area contributed by atoms with E-state index in [0.717, 1.165) is 17.7 Å². The van der Waals surface area contributed by atoms with E-state index in [9.17, 15) is 13.2 Å². The molecule has 0 saturated heterocycles. The molecule has 1 unspecified atom stereocenters. The van der Waals surface area contributed by atoms with Gasteiger partial charge in [-0.3, -0.25) is 0 Å². The third kappa shape index (κ3) is 2.95. The summed E-state index contributed by atoms with van der Waals surface area (Å²) in [5.41, 5.74) is 1.59. The van der Waals surface area contributed by atoms with Crippen molar-refractivity contribution in [1.82, 2.24) is 0 Å². The Hall–Kier alpha value is -1.97. The standard InChI is InChI=1S/C16H16F3N/c1-9-4-5-13(17)16(6-9)20-11(3)12-8-14(18)10(2)7-15(12)19/h4-8,11,20H,1-3H3. The first-order valence-corrected chi connectivity index (χ1v) is 6.36. The van der Waals surface area contributed by atoms with Gasteiger partial charge in [0.2, 0.25) is 0 Å². The number of aryl methyl sites for hydroxylation is 2. The summed E-state index contributed by atoms with van der Waals surface area (Å²) in [5.74, 6) is -1.40. The summed E-state index contributed by atoms with van der Waals surface area (Å²) in [5, 5.41) is 2.87. The zero-order valence-electron chi connectivity index (χ0n) is 11.6. The van der Waals surface area contributed by atoms with Crippen molar-refractivity contribution in [2.45, 2.75) is 26.8 Å². The lowest BCUT2D eigenvalue weighted by atomic mass is 10.0. The van der Waals surface area contributed by atoms with Gasteiger partial charge in [0.25, 0.3) is 0 Å². The Kier molecular flexibility index (Phi) is 4.02. The monoisotopic (exact) mass is 279 g/mol. The highest BCUT2D eigenvalue weighted by Crippen LogP contribution is 2.26. The molecule has 0 aliphatic rings. The van der Waals surface area contributed by atoms with Gasteiger partial charge in [0.05, 0.1) is 11.7 Å². The van der Waals surface area contributed by atoms with E-state index in [-0.39, 0.29) is 16.8 Å². The maximum Gasteiger partial charge on any atom is 0.146 e. The Morgan fingerprint density at radius 1 is 0.900 bits per heavy atom. The Morgan fingerprint density at radius 2 is 1.60 bits per heavy atom. The van der Waals surface area contributed by atoms with Crippen LogP contribution >= 0.6 is 0 Å². The second-order valence-corrected chi connectivity index (χ2v) is 4.97. The molecule has 2 aromatic rings. The van der Waals surface area contributed by atoms with Gasteiger partial charge >= 0.3 is 0 Å². The fourth-order valence-electron chi connectivity index (χ4n) is 2.05. The van der Waals surface area contributed by atoms with Crippen LogP contribution in [-0.2, 0) is 0 Å². The molecule has 106 valence electrons. The molecule has 0 radical (unpaired) electrons. The Morgan fingerprint density at radius 3 is 2.30 bits per heavy atom. The Labute approximate surface area is 116 Å². The highest BCUT2D eigenvalue weighted by Gasteiger charge is 2.15. The van der Waals surface area contributed by atoms with Crippen molar-refractivity contribution in [3.8, 4) is 0 Å². The first kappa shape index (κ1) is 14.4. The lowest BCUT2D eigenvalue weighted by Gasteiger charge is -2.18. The number of anilines is 1. The highest BCUT2D eigenvalue weighted by molar-refractivity contribution is 5.49. The molecule has 0 bridgehead atoms. The lowest BCUT2D eigenvalue weighted by Crippen LogP contribution is -2.11. The molecule has 0 saturated carbocycles. The van der Waals surface area contributed by atoms with Gasteiger partial charge in [-0.05, 0) is 56.2 Å². The molecule has 0 amide bonds. The molecule has 0 aromatic heterocycles. The van der Waals surface area contributed by atoms with Crippen LogP contribution in [0.3, 0.4) is 0 Å². The van der Waals surface area contributed by atoms with Gasteiger partial charge < -0.3 is 5.32 Å². The SMILES string of the molecule is Cc1ccc(F)c(NC(C)c2cc(F)c(C)cc2F)c1. The molecule has 0 aliphatic carbocycles. The van der Waals surface area contributed by atoms with E-state index in [1.807, 2.05) is 6.92 Å². The number of hydrogen-bond acceptors (Lipinski definition) is 1. The smallest absolute Gasteiger partial charge is 0.146 e. The van der Waals surface area contributed by atoms with Crippen LogP contribution in [0.4, 0.5) is 18.9 Å². The van der Waals surface area contributed by atoms with Crippen LogP contribution in [0.25, 0.3) is 0 Å². The average molecular weight is 279 g/mol. The Bertz CT molecular complexity index is 638. The van der Waals surface area contributed by atoms with Crippen molar-refractivity contribution in [2.24, 2.45) is 0 Å². The predicted octanol–water partition coefficient (Wildman–Crippen LogP) is 4.89. The molecular weight excluding hydrogens is 263 g/mol. The van der Waals surface area contributed by atoms with Gasteiger partial charge in [-0.2, -0.15) is 0 Å². The second-order valence-electron chi connectivity index (χ2n) is 4.97. The molecule has 1 N–H and O–H groups in total. The van der Waals surface area contributed by atoms with Crippen molar-refractivity contribution in [1.29, 1.82) is 0 Å². The van der Waals surface area contributed by atoms with Crippen LogP contribution in [-0.4, -0.2) is 0 Å². The molecular formula is C16H16F3N. The quantitative estimate of drug-likeness (QED) is 0.843. The molecule has 1 atom stereocenters. The van der Waals surface area contributed by atoms with Crippen molar-refractivity contribution < 1.29 is 13.2 Å². The summed E-state index contributed by atoms with van der Waals surface area (Å²) in [6.07, 6.45) is 0. The van der Waals surface area contributed by atoms with Crippen molar-refractivity contribution in [2.75, 3.05) is 5.32 Å². The first-order chi connectivity index (χ1) is 9.38. The van der Waals surface area contributed by atoms with Gasteiger partial charge in [-0.25, -0.2) is 13.2 Å². The summed E-state index contributed by atoms with van der Waals surface area (Å²) >= 11 is 0. The molecule has 0 spiro atoms. The zero-order chi connectivity index (χ0) is 14.9. The second kappa shape index (κ2) is 5.57. The molecule has 1 nitrogen and oxygen atoms in total. The van der Waals surface area contributed by atoms with Crippen LogP contribution in [0.1, 0.15) is 29.7 Å². The van der Waals surface area contributed by atoms with E-state index in [4.69, 9.17) is 0 Å². The van der Waals surface area contributed by atoms with Crippen molar-refractivity contribution >= 4 is 5.69 Å². The van der Waals surface area contributed by atoms with Gasteiger partial charge in [-0.15, -0.1) is 0 Å². The van der Waals surface area contributed by atoms with Crippen LogP contribution in [0.15, 0.2) is 30.3 Å². The topological polar surface area (TPSA) is 12.0 Å². The number of nitrogens with one attached hydrogen (secondary N) is 1. The van der Waals surface area contributed by atoms with Gasteiger partial charge in [0.1, 0.15) is 17.5 Å². The minimum Gasteiger partial charge on any atom is -0.376 e. The number of halogens is 3. The maximum absolute atomic E-state index is 13.9. The lowest BCUT2D eigenvalue weighted by molar-refractivity contribution is 0.569. The molecule has 0 fully saturated rings. The molecule has 0 heterocycles. The van der Waals surface area contributed by atoms with E-state index < -0.39 is 23.5 Å². The Balaban J connectivity index is 2.30. The van der Waals surface area contributed by atoms with Crippen LogP contribution in [0.5, 0.6) is 0 Å². The fraction of sp³-hybridized carbons (Fsp3) is 0.250. The van der Waals surface area contributed by atoms with E-state index in [1.54, 1.807) is 19.1 Å². The first-order valence-electron chi connectivity index (χ1n) is 6.36. The number of hydrogen-bond donors (Lipinski definition) is 1. The number of benzene rings is 2. The van der Waals surface area contributed by atoms with E-state index in [0.29, 0.717) is 0 Å². The van der Waals surface area contributed by atoms with Gasteiger partial charge in [-0.1, -0.05) is 6.07 Å². The van der Waals surface area contributed by atoms with Gasteiger partial charge in [0, 0.05) is 5.56 Å². The molecule has 4 heteroatoms. The van der Waals surface area contributed by atoms with E-state index in [2.05, 4.69) is 5.32 Å². The molecule has 2 rings (SSSR count).